The molecular formula is C20H20N2O4S. The highest BCUT2D eigenvalue weighted by atomic mass is 32.2. The highest BCUT2D eigenvalue weighted by Gasteiger charge is 2.31. The van der Waals surface area contributed by atoms with Gasteiger partial charge in [-0.2, -0.15) is 0 Å². The summed E-state index contributed by atoms with van der Waals surface area (Å²) < 4.78 is 10.6. The van der Waals surface area contributed by atoms with Crippen molar-refractivity contribution in [1.29, 1.82) is 0 Å². The van der Waals surface area contributed by atoms with Gasteiger partial charge >= 0.3 is 0 Å². The average molecular weight is 384 g/mol. The molecule has 0 radical (unpaired) electrons. The van der Waals surface area contributed by atoms with Gasteiger partial charge in [0, 0.05) is 12.6 Å². The molecule has 0 saturated carbocycles. The summed E-state index contributed by atoms with van der Waals surface area (Å²) >= 11 is 1.24. The minimum Gasteiger partial charge on any atom is -0.506 e. The summed E-state index contributed by atoms with van der Waals surface area (Å²) in [5.74, 6) is 1.22. The SMILES string of the molecule is COc1ccc(OC)c(/C=C2\SC(=Nc3ccc(C)cc3O)N(C)C2=O)c1. The lowest BCUT2D eigenvalue weighted by atomic mass is 10.1. The Labute approximate surface area is 162 Å². The van der Waals surface area contributed by atoms with E-state index >= 15 is 0 Å². The van der Waals surface area contributed by atoms with Crippen molar-refractivity contribution < 1.29 is 19.4 Å². The lowest BCUT2D eigenvalue weighted by Gasteiger charge is -2.08. The highest BCUT2D eigenvalue weighted by molar-refractivity contribution is 8.18. The van der Waals surface area contributed by atoms with Crippen LogP contribution in [0.1, 0.15) is 11.1 Å². The summed E-state index contributed by atoms with van der Waals surface area (Å²) in [6.45, 7) is 1.89. The fraction of sp³-hybridized carbons (Fsp3) is 0.200. The van der Waals surface area contributed by atoms with E-state index in [1.54, 1.807) is 57.7 Å². The molecule has 1 aliphatic heterocycles. The van der Waals surface area contributed by atoms with Crippen LogP contribution in [-0.2, 0) is 4.79 Å². The number of aromatic hydroxyl groups is 1. The minimum atomic E-state index is -0.171. The number of carbonyl (C=O) groups is 1. The summed E-state index contributed by atoms with van der Waals surface area (Å²) in [6, 6.07) is 10.6. The Bertz CT molecular complexity index is 953. The number of thioether (sulfide) groups is 1. The van der Waals surface area contributed by atoms with E-state index in [9.17, 15) is 9.90 Å². The van der Waals surface area contributed by atoms with Gasteiger partial charge in [0.25, 0.3) is 5.91 Å². The van der Waals surface area contributed by atoms with Crippen LogP contribution < -0.4 is 9.47 Å². The predicted octanol–water partition coefficient (Wildman–Crippen LogP) is 3.95. The number of hydrogen-bond acceptors (Lipinski definition) is 6. The molecule has 1 amide bonds. The summed E-state index contributed by atoms with van der Waals surface area (Å²) in [4.78, 5) is 19.0. The van der Waals surface area contributed by atoms with Crippen molar-refractivity contribution >= 4 is 34.6 Å². The van der Waals surface area contributed by atoms with E-state index < -0.39 is 0 Å². The number of hydrogen-bond donors (Lipinski definition) is 1. The van der Waals surface area contributed by atoms with Crippen LogP contribution in [0.3, 0.4) is 0 Å². The zero-order valence-corrected chi connectivity index (χ0v) is 16.3. The first kappa shape index (κ1) is 18.8. The van der Waals surface area contributed by atoms with Gasteiger partial charge < -0.3 is 14.6 Å². The van der Waals surface area contributed by atoms with Crippen LogP contribution in [0.2, 0.25) is 0 Å². The summed E-state index contributed by atoms with van der Waals surface area (Å²) in [6.07, 6.45) is 1.75. The Morgan fingerprint density at radius 3 is 2.59 bits per heavy atom. The zero-order valence-electron chi connectivity index (χ0n) is 15.5. The smallest absolute Gasteiger partial charge is 0.266 e. The third kappa shape index (κ3) is 3.93. The van der Waals surface area contributed by atoms with E-state index in [2.05, 4.69) is 4.99 Å². The molecule has 140 valence electrons. The number of aryl methyl sites for hydroxylation is 1. The molecular weight excluding hydrogens is 364 g/mol. The summed E-state index contributed by atoms with van der Waals surface area (Å²) in [7, 11) is 4.82. The van der Waals surface area contributed by atoms with Crippen molar-refractivity contribution in [2.24, 2.45) is 4.99 Å². The van der Waals surface area contributed by atoms with Gasteiger partial charge in [-0.1, -0.05) is 6.07 Å². The van der Waals surface area contributed by atoms with Crippen molar-refractivity contribution in [1.82, 2.24) is 4.90 Å². The van der Waals surface area contributed by atoms with E-state index in [1.807, 2.05) is 13.0 Å². The van der Waals surface area contributed by atoms with Crippen molar-refractivity contribution in [2.75, 3.05) is 21.3 Å². The first-order valence-corrected chi connectivity index (χ1v) is 9.02. The highest BCUT2D eigenvalue weighted by Crippen LogP contribution is 2.37. The Morgan fingerprint density at radius 1 is 1.15 bits per heavy atom. The average Bonchev–Trinajstić information content (AvgIpc) is 2.92. The number of nitrogens with zero attached hydrogens (tertiary/aromatic N) is 2. The molecule has 3 rings (SSSR count). The Kier molecular flexibility index (Phi) is 5.41. The molecule has 0 aliphatic carbocycles. The second-order valence-electron chi connectivity index (χ2n) is 5.97. The summed E-state index contributed by atoms with van der Waals surface area (Å²) in [5.41, 5.74) is 2.09. The van der Waals surface area contributed by atoms with Crippen LogP contribution in [0.25, 0.3) is 6.08 Å². The van der Waals surface area contributed by atoms with Crippen molar-refractivity contribution in [3.05, 3.63) is 52.4 Å². The monoisotopic (exact) mass is 384 g/mol. The molecule has 27 heavy (non-hydrogen) atoms. The van der Waals surface area contributed by atoms with Crippen molar-refractivity contribution in [2.45, 2.75) is 6.92 Å². The van der Waals surface area contributed by atoms with Gasteiger partial charge in [-0.05, 0) is 60.7 Å². The van der Waals surface area contributed by atoms with E-state index in [1.165, 1.54) is 16.7 Å². The van der Waals surface area contributed by atoms with Crippen LogP contribution in [0.15, 0.2) is 46.3 Å². The van der Waals surface area contributed by atoms with Crippen LogP contribution in [0.5, 0.6) is 17.2 Å². The number of phenolic OH excluding ortho intramolecular Hbond substituents is 1. The number of phenols is 1. The van der Waals surface area contributed by atoms with Crippen LogP contribution in [-0.4, -0.2) is 42.3 Å². The maximum atomic E-state index is 12.6. The first-order valence-electron chi connectivity index (χ1n) is 8.21. The largest absolute Gasteiger partial charge is 0.506 e. The number of aliphatic imine (C=N–C) groups is 1. The zero-order chi connectivity index (χ0) is 19.6. The van der Waals surface area contributed by atoms with E-state index in [0.29, 0.717) is 27.3 Å². The lowest BCUT2D eigenvalue weighted by Crippen LogP contribution is -2.23. The van der Waals surface area contributed by atoms with Crippen molar-refractivity contribution in [3.63, 3.8) is 0 Å². The number of amides is 1. The number of benzene rings is 2. The van der Waals surface area contributed by atoms with Gasteiger partial charge in [0.05, 0.1) is 19.1 Å². The Hall–Kier alpha value is -2.93. The summed E-state index contributed by atoms with van der Waals surface area (Å²) in [5, 5.41) is 10.6. The van der Waals surface area contributed by atoms with E-state index in [-0.39, 0.29) is 11.7 Å². The molecule has 0 unspecified atom stereocenters. The molecule has 0 spiro atoms. The molecule has 6 nitrogen and oxygen atoms in total. The molecule has 2 aromatic carbocycles. The standard InChI is InChI=1S/C20H20N2O4S/c1-12-5-7-15(16(23)9-12)21-20-22(2)19(24)18(27-20)11-13-10-14(25-3)6-8-17(13)26-4/h5-11,23H,1-4H3/b18-11-,21-20?. The molecule has 2 aromatic rings. The van der Waals surface area contributed by atoms with Crippen LogP contribution in [0.4, 0.5) is 5.69 Å². The number of amidine groups is 1. The Balaban J connectivity index is 1.96. The molecule has 0 aromatic heterocycles. The minimum absolute atomic E-state index is 0.0795. The molecule has 1 heterocycles. The second kappa shape index (κ2) is 7.75. The number of carbonyl (C=O) groups excluding carboxylic acids is 1. The molecule has 0 bridgehead atoms. The van der Waals surface area contributed by atoms with E-state index in [4.69, 9.17) is 9.47 Å². The number of methoxy groups -OCH3 is 2. The molecule has 1 N–H and O–H groups in total. The van der Waals surface area contributed by atoms with E-state index in [0.717, 1.165) is 11.1 Å². The third-order valence-electron chi connectivity index (χ3n) is 4.07. The fourth-order valence-electron chi connectivity index (χ4n) is 2.58. The van der Waals surface area contributed by atoms with Gasteiger partial charge in [-0.25, -0.2) is 4.99 Å². The first-order chi connectivity index (χ1) is 12.9. The van der Waals surface area contributed by atoms with Gasteiger partial charge in [0.1, 0.15) is 22.9 Å². The maximum Gasteiger partial charge on any atom is 0.266 e. The molecule has 1 aliphatic rings. The lowest BCUT2D eigenvalue weighted by molar-refractivity contribution is -0.121. The van der Waals surface area contributed by atoms with Crippen LogP contribution in [0, 0.1) is 6.92 Å². The third-order valence-corrected chi connectivity index (χ3v) is 5.13. The van der Waals surface area contributed by atoms with Gasteiger partial charge in [-0.3, -0.25) is 9.69 Å². The van der Waals surface area contributed by atoms with Gasteiger partial charge in [0.2, 0.25) is 0 Å². The molecule has 0 atom stereocenters. The normalized spacial score (nSPS) is 17.0. The van der Waals surface area contributed by atoms with Crippen LogP contribution >= 0.6 is 11.8 Å². The molecule has 1 saturated heterocycles. The maximum absolute atomic E-state index is 12.6. The van der Waals surface area contributed by atoms with Gasteiger partial charge in [0.15, 0.2) is 5.17 Å². The molecule has 1 fully saturated rings. The Morgan fingerprint density at radius 2 is 1.93 bits per heavy atom. The predicted molar refractivity (Wildman–Crippen MR) is 108 cm³/mol. The molecule has 7 heteroatoms. The number of rotatable bonds is 4. The quantitative estimate of drug-likeness (QED) is 0.808. The second-order valence-corrected chi connectivity index (χ2v) is 6.98. The number of likely N-dealkylation sites (N-methyl/N-ethyl adjacent to an activating group) is 1. The number of ether oxygens (including phenoxy) is 2. The van der Waals surface area contributed by atoms with Crippen molar-refractivity contribution in [3.8, 4) is 17.2 Å². The van der Waals surface area contributed by atoms with Gasteiger partial charge in [-0.15, -0.1) is 0 Å². The fourth-order valence-corrected chi connectivity index (χ4v) is 3.55. The topological polar surface area (TPSA) is 71.4 Å².